The van der Waals surface area contributed by atoms with Crippen LogP contribution in [0.15, 0.2) is 0 Å². The largest absolute Gasteiger partial charge is 0.396 e. The number of rotatable bonds is 3. The summed E-state index contributed by atoms with van der Waals surface area (Å²) in [4.78, 5) is 0. The van der Waals surface area contributed by atoms with E-state index in [4.69, 9.17) is 5.11 Å². The third-order valence-electron chi connectivity index (χ3n) is 3.33. The van der Waals surface area contributed by atoms with E-state index in [1.54, 1.807) is 0 Å². The van der Waals surface area contributed by atoms with Crippen LogP contribution in [0.4, 0.5) is 0 Å². The highest BCUT2D eigenvalue weighted by molar-refractivity contribution is 4.79. The SMILES string of the molecule is CCC(C)[C@@H]1CCC[C@H]1CO. The molecule has 0 radical (unpaired) electrons. The van der Waals surface area contributed by atoms with Gasteiger partial charge in [-0.1, -0.05) is 26.7 Å². The molecule has 0 bridgehead atoms. The van der Waals surface area contributed by atoms with Gasteiger partial charge < -0.3 is 5.11 Å². The van der Waals surface area contributed by atoms with Gasteiger partial charge in [-0.25, -0.2) is 0 Å². The first-order valence-corrected chi connectivity index (χ1v) is 4.90. The molecule has 1 aliphatic rings. The molecular weight excluding hydrogens is 136 g/mol. The van der Waals surface area contributed by atoms with E-state index in [0.29, 0.717) is 12.5 Å². The van der Waals surface area contributed by atoms with Crippen molar-refractivity contribution in [1.29, 1.82) is 0 Å². The molecule has 0 aromatic rings. The van der Waals surface area contributed by atoms with Gasteiger partial charge in [-0.2, -0.15) is 0 Å². The smallest absolute Gasteiger partial charge is 0.0462 e. The summed E-state index contributed by atoms with van der Waals surface area (Å²) in [6, 6.07) is 0. The Kier molecular flexibility index (Phi) is 3.38. The van der Waals surface area contributed by atoms with Crippen LogP contribution in [0.3, 0.4) is 0 Å². The number of hydrogen-bond acceptors (Lipinski definition) is 1. The monoisotopic (exact) mass is 156 g/mol. The van der Waals surface area contributed by atoms with E-state index in [1.165, 1.54) is 25.7 Å². The fraction of sp³-hybridized carbons (Fsp3) is 1.00. The van der Waals surface area contributed by atoms with Crippen LogP contribution in [0.25, 0.3) is 0 Å². The second kappa shape index (κ2) is 4.10. The van der Waals surface area contributed by atoms with Crippen molar-refractivity contribution in [2.24, 2.45) is 17.8 Å². The molecule has 1 rings (SSSR count). The van der Waals surface area contributed by atoms with Gasteiger partial charge in [0.1, 0.15) is 0 Å². The van der Waals surface area contributed by atoms with E-state index < -0.39 is 0 Å². The molecule has 0 spiro atoms. The lowest BCUT2D eigenvalue weighted by Gasteiger charge is -2.23. The van der Waals surface area contributed by atoms with Crippen molar-refractivity contribution in [1.82, 2.24) is 0 Å². The van der Waals surface area contributed by atoms with E-state index in [9.17, 15) is 0 Å². The van der Waals surface area contributed by atoms with Crippen molar-refractivity contribution < 1.29 is 5.11 Å². The van der Waals surface area contributed by atoms with E-state index >= 15 is 0 Å². The predicted molar refractivity (Wildman–Crippen MR) is 47.4 cm³/mol. The van der Waals surface area contributed by atoms with Gasteiger partial charge in [-0.15, -0.1) is 0 Å². The van der Waals surface area contributed by atoms with Crippen LogP contribution in [0.2, 0.25) is 0 Å². The quantitative estimate of drug-likeness (QED) is 0.665. The topological polar surface area (TPSA) is 20.2 Å². The molecule has 0 aliphatic heterocycles. The van der Waals surface area contributed by atoms with Crippen LogP contribution in [0.1, 0.15) is 39.5 Å². The Hall–Kier alpha value is -0.0400. The van der Waals surface area contributed by atoms with Gasteiger partial charge in [0.15, 0.2) is 0 Å². The maximum Gasteiger partial charge on any atom is 0.0462 e. The van der Waals surface area contributed by atoms with Gasteiger partial charge in [-0.3, -0.25) is 0 Å². The summed E-state index contributed by atoms with van der Waals surface area (Å²) in [5.41, 5.74) is 0. The maximum absolute atomic E-state index is 9.08. The van der Waals surface area contributed by atoms with Gasteiger partial charge in [0.25, 0.3) is 0 Å². The molecule has 0 aromatic heterocycles. The third-order valence-corrected chi connectivity index (χ3v) is 3.33. The molecule has 1 heteroatoms. The molecule has 1 saturated carbocycles. The molecule has 0 saturated heterocycles. The molecule has 11 heavy (non-hydrogen) atoms. The standard InChI is InChI=1S/C10H20O/c1-3-8(2)10-6-4-5-9(10)7-11/h8-11H,3-7H2,1-2H3/t8?,9-,10-/m0/s1. The molecule has 3 atom stereocenters. The zero-order valence-corrected chi connectivity index (χ0v) is 7.71. The van der Waals surface area contributed by atoms with E-state index in [1.807, 2.05) is 0 Å². The second-order valence-electron chi connectivity index (χ2n) is 3.92. The van der Waals surface area contributed by atoms with Crippen molar-refractivity contribution in [2.75, 3.05) is 6.61 Å². The Bertz CT molecular complexity index is 111. The van der Waals surface area contributed by atoms with Crippen molar-refractivity contribution in [3.63, 3.8) is 0 Å². The summed E-state index contributed by atoms with van der Waals surface area (Å²) in [5.74, 6) is 2.24. The molecule has 0 heterocycles. The Morgan fingerprint density at radius 1 is 1.45 bits per heavy atom. The molecule has 0 aromatic carbocycles. The molecule has 1 aliphatic carbocycles. The van der Waals surface area contributed by atoms with Crippen LogP contribution >= 0.6 is 0 Å². The highest BCUT2D eigenvalue weighted by atomic mass is 16.3. The van der Waals surface area contributed by atoms with Gasteiger partial charge in [0.2, 0.25) is 0 Å². The summed E-state index contributed by atoms with van der Waals surface area (Å²) in [6.45, 7) is 4.98. The molecular formula is C10H20O. The van der Waals surface area contributed by atoms with Crippen molar-refractivity contribution in [3.8, 4) is 0 Å². The average Bonchev–Trinajstić information content (AvgIpc) is 2.50. The van der Waals surface area contributed by atoms with Gasteiger partial charge >= 0.3 is 0 Å². The highest BCUT2D eigenvalue weighted by Crippen LogP contribution is 2.37. The van der Waals surface area contributed by atoms with Gasteiger partial charge in [0.05, 0.1) is 0 Å². The molecule has 1 fully saturated rings. The zero-order chi connectivity index (χ0) is 8.27. The lowest BCUT2D eigenvalue weighted by Crippen LogP contribution is -2.18. The fourth-order valence-electron chi connectivity index (χ4n) is 2.34. The molecule has 1 unspecified atom stereocenters. The van der Waals surface area contributed by atoms with Crippen molar-refractivity contribution in [3.05, 3.63) is 0 Å². The Morgan fingerprint density at radius 2 is 2.18 bits per heavy atom. The Balaban J connectivity index is 2.42. The highest BCUT2D eigenvalue weighted by Gasteiger charge is 2.29. The minimum Gasteiger partial charge on any atom is -0.396 e. The normalized spacial score (nSPS) is 34.1. The minimum absolute atomic E-state index is 0.412. The zero-order valence-electron chi connectivity index (χ0n) is 7.71. The lowest BCUT2D eigenvalue weighted by molar-refractivity contribution is 0.162. The summed E-state index contributed by atoms with van der Waals surface area (Å²) < 4.78 is 0. The Morgan fingerprint density at radius 3 is 2.73 bits per heavy atom. The summed E-state index contributed by atoms with van der Waals surface area (Å²) >= 11 is 0. The molecule has 66 valence electrons. The number of aliphatic hydroxyl groups excluding tert-OH is 1. The number of aliphatic hydroxyl groups is 1. The van der Waals surface area contributed by atoms with E-state index in [-0.39, 0.29) is 0 Å². The van der Waals surface area contributed by atoms with Crippen molar-refractivity contribution >= 4 is 0 Å². The van der Waals surface area contributed by atoms with Crippen molar-refractivity contribution in [2.45, 2.75) is 39.5 Å². The lowest BCUT2D eigenvalue weighted by atomic mass is 9.84. The first kappa shape index (κ1) is 9.05. The first-order valence-electron chi connectivity index (χ1n) is 4.90. The van der Waals surface area contributed by atoms with Gasteiger partial charge in [-0.05, 0) is 30.6 Å². The van der Waals surface area contributed by atoms with Crippen LogP contribution < -0.4 is 0 Å². The van der Waals surface area contributed by atoms with Crippen LogP contribution in [0, 0.1) is 17.8 Å². The average molecular weight is 156 g/mol. The maximum atomic E-state index is 9.08. The van der Waals surface area contributed by atoms with E-state index in [2.05, 4.69) is 13.8 Å². The number of hydrogen-bond donors (Lipinski definition) is 1. The van der Waals surface area contributed by atoms with Crippen LogP contribution in [-0.4, -0.2) is 11.7 Å². The fourth-order valence-corrected chi connectivity index (χ4v) is 2.34. The third kappa shape index (κ3) is 1.96. The molecule has 0 amide bonds. The summed E-state index contributed by atoms with van der Waals surface area (Å²) in [6.07, 6.45) is 5.20. The summed E-state index contributed by atoms with van der Waals surface area (Å²) in [7, 11) is 0. The summed E-state index contributed by atoms with van der Waals surface area (Å²) in [5, 5.41) is 9.08. The minimum atomic E-state index is 0.412. The Labute approximate surface area is 69.8 Å². The predicted octanol–water partition coefficient (Wildman–Crippen LogP) is 2.44. The molecule has 1 nitrogen and oxygen atoms in total. The second-order valence-corrected chi connectivity index (χ2v) is 3.92. The van der Waals surface area contributed by atoms with E-state index in [0.717, 1.165) is 11.8 Å². The van der Waals surface area contributed by atoms with Crippen LogP contribution in [-0.2, 0) is 0 Å². The molecule has 1 N–H and O–H groups in total. The first-order chi connectivity index (χ1) is 5.29. The van der Waals surface area contributed by atoms with Crippen LogP contribution in [0.5, 0.6) is 0 Å². The van der Waals surface area contributed by atoms with Gasteiger partial charge in [0, 0.05) is 6.61 Å².